The van der Waals surface area contributed by atoms with Gasteiger partial charge in [-0.15, -0.1) is 11.8 Å². The number of benzene rings is 2. The smallest absolute Gasteiger partial charge is 0.221 e. The number of thioether (sulfide) groups is 1. The Balaban J connectivity index is 1.86. The van der Waals surface area contributed by atoms with Crippen molar-refractivity contribution >= 4 is 29.3 Å². The van der Waals surface area contributed by atoms with Crippen LogP contribution in [0.3, 0.4) is 0 Å². The van der Waals surface area contributed by atoms with Crippen LogP contribution in [0.1, 0.15) is 42.5 Å². The summed E-state index contributed by atoms with van der Waals surface area (Å²) in [5.74, 6) is 0.861. The van der Waals surface area contributed by atoms with E-state index in [0.29, 0.717) is 6.42 Å². The fourth-order valence-corrected chi connectivity index (χ4v) is 3.65. The summed E-state index contributed by atoms with van der Waals surface area (Å²) in [7, 11) is 0. The predicted octanol–water partition coefficient (Wildman–Crippen LogP) is 5.71. The summed E-state index contributed by atoms with van der Waals surface area (Å²) >= 11 is 7.55. The summed E-state index contributed by atoms with van der Waals surface area (Å²) in [5.41, 5.74) is 3.69. The molecule has 24 heavy (non-hydrogen) atoms. The van der Waals surface area contributed by atoms with Crippen molar-refractivity contribution in [1.82, 2.24) is 5.32 Å². The van der Waals surface area contributed by atoms with Crippen LogP contribution in [0.25, 0.3) is 0 Å². The van der Waals surface area contributed by atoms with Crippen molar-refractivity contribution < 1.29 is 4.79 Å². The summed E-state index contributed by atoms with van der Waals surface area (Å²) in [6.07, 6.45) is 1.40. The first kappa shape index (κ1) is 18.9. The number of hydrogen-bond donors (Lipinski definition) is 1. The third-order valence-electron chi connectivity index (χ3n) is 3.96. The number of amides is 1. The van der Waals surface area contributed by atoms with E-state index in [0.717, 1.165) is 22.1 Å². The normalized spacial score (nSPS) is 12.0. The first-order valence-electron chi connectivity index (χ1n) is 8.24. The Kier molecular flexibility index (Phi) is 7.19. The molecule has 0 unspecified atom stereocenters. The van der Waals surface area contributed by atoms with Crippen molar-refractivity contribution in [2.75, 3.05) is 5.75 Å². The maximum absolute atomic E-state index is 12.3. The van der Waals surface area contributed by atoms with Crippen molar-refractivity contribution in [3.8, 4) is 0 Å². The maximum atomic E-state index is 12.3. The number of hydrogen-bond acceptors (Lipinski definition) is 2. The molecule has 0 spiro atoms. The number of rotatable bonds is 7. The van der Waals surface area contributed by atoms with E-state index in [4.69, 9.17) is 11.6 Å². The lowest BCUT2D eigenvalue weighted by Crippen LogP contribution is -2.28. The van der Waals surface area contributed by atoms with Gasteiger partial charge in [0.1, 0.15) is 0 Å². The van der Waals surface area contributed by atoms with Gasteiger partial charge in [-0.25, -0.2) is 0 Å². The zero-order valence-electron chi connectivity index (χ0n) is 14.4. The molecule has 0 aliphatic rings. The minimum absolute atomic E-state index is 0.0821. The first-order valence-corrected chi connectivity index (χ1v) is 9.61. The van der Waals surface area contributed by atoms with E-state index in [1.165, 1.54) is 16.7 Å². The van der Waals surface area contributed by atoms with Crippen LogP contribution in [0.5, 0.6) is 0 Å². The molecule has 1 amide bonds. The second kappa shape index (κ2) is 9.14. The average Bonchev–Trinajstić information content (AvgIpc) is 2.55. The molecule has 0 aromatic heterocycles. The highest BCUT2D eigenvalue weighted by atomic mass is 35.5. The van der Waals surface area contributed by atoms with Gasteiger partial charge in [-0.05, 0) is 55.7 Å². The van der Waals surface area contributed by atoms with Crippen LogP contribution < -0.4 is 5.32 Å². The van der Waals surface area contributed by atoms with Gasteiger partial charge in [-0.3, -0.25) is 4.79 Å². The molecule has 0 saturated heterocycles. The number of aryl methyl sites for hydroxylation is 2. The fraction of sp³-hybridized carbons (Fsp3) is 0.350. The highest BCUT2D eigenvalue weighted by molar-refractivity contribution is 7.99. The Bertz CT molecular complexity index is 685. The standard InChI is InChI=1S/C20H24ClNOS/c1-4-19(18-10-5-14(2)13-15(18)3)22-20(23)11-12-24-17-8-6-16(21)7-9-17/h5-10,13,19H,4,11-12H2,1-3H3,(H,22,23)/t19-/m1/s1. The molecule has 2 nitrogen and oxygen atoms in total. The molecule has 2 rings (SSSR count). The number of halogens is 1. The van der Waals surface area contributed by atoms with Gasteiger partial charge in [0.05, 0.1) is 6.04 Å². The Labute approximate surface area is 154 Å². The first-order chi connectivity index (χ1) is 11.5. The molecule has 1 atom stereocenters. The largest absolute Gasteiger partial charge is 0.349 e. The maximum Gasteiger partial charge on any atom is 0.221 e. The van der Waals surface area contributed by atoms with Crippen molar-refractivity contribution in [2.45, 2.75) is 44.6 Å². The van der Waals surface area contributed by atoms with Gasteiger partial charge in [0, 0.05) is 22.1 Å². The van der Waals surface area contributed by atoms with Gasteiger partial charge in [0.15, 0.2) is 0 Å². The van der Waals surface area contributed by atoms with E-state index in [9.17, 15) is 4.79 Å². The minimum atomic E-state index is 0.0821. The third kappa shape index (κ3) is 5.57. The SMILES string of the molecule is CC[C@@H](NC(=O)CCSc1ccc(Cl)cc1)c1ccc(C)cc1C. The van der Waals surface area contributed by atoms with E-state index in [1.807, 2.05) is 24.3 Å². The van der Waals surface area contributed by atoms with E-state index >= 15 is 0 Å². The fourth-order valence-electron chi connectivity index (χ4n) is 2.68. The average molecular weight is 362 g/mol. The number of carbonyl (C=O) groups is 1. The molecular weight excluding hydrogens is 338 g/mol. The third-order valence-corrected chi connectivity index (χ3v) is 5.22. The van der Waals surface area contributed by atoms with Crippen LogP contribution in [0.15, 0.2) is 47.4 Å². The van der Waals surface area contributed by atoms with E-state index in [1.54, 1.807) is 11.8 Å². The van der Waals surface area contributed by atoms with Crippen LogP contribution in [0.4, 0.5) is 0 Å². The molecule has 1 N–H and O–H groups in total. The Hall–Kier alpha value is -1.45. The van der Waals surface area contributed by atoms with Gasteiger partial charge in [0.2, 0.25) is 5.91 Å². The van der Waals surface area contributed by atoms with Gasteiger partial charge in [-0.2, -0.15) is 0 Å². The van der Waals surface area contributed by atoms with E-state index in [2.05, 4.69) is 44.3 Å². The number of carbonyl (C=O) groups excluding carboxylic acids is 1. The lowest BCUT2D eigenvalue weighted by molar-refractivity contribution is -0.121. The molecule has 0 bridgehead atoms. The molecule has 2 aromatic rings. The van der Waals surface area contributed by atoms with Crippen molar-refractivity contribution in [3.05, 3.63) is 64.2 Å². The Morgan fingerprint density at radius 3 is 2.50 bits per heavy atom. The topological polar surface area (TPSA) is 29.1 Å². The van der Waals surface area contributed by atoms with Crippen LogP contribution in [-0.4, -0.2) is 11.7 Å². The van der Waals surface area contributed by atoms with Crippen molar-refractivity contribution in [2.24, 2.45) is 0 Å². The van der Waals surface area contributed by atoms with E-state index < -0.39 is 0 Å². The zero-order valence-corrected chi connectivity index (χ0v) is 16.0. The summed E-state index contributed by atoms with van der Waals surface area (Å²) in [5, 5.41) is 3.90. The summed E-state index contributed by atoms with van der Waals surface area (Å²) in [6, 6.07) is 14.2. The molecule has 128 valence electrons. The Morgan fingerprint density at radius 1 is 1.17 bits per heavy atom. The second-order valence-corrected chi connectivity index (χ2v) is 7.55. The molecule has 0 saturated carbocycles. The highest BCUT2D eigenvalue weighted by Gasteiger charge is 2.14. The highest BCUT2D eigenvalue weighted by Crippen LogP contribution is 2.23. The lowest BCUT2D eigenvalue weighted by Gasteiger charge is -2.20. The van der Waals surface area contributed by atoms with Gasteiger partial charge in [0.25, 0.3) is 0 Å². The van der Waals surface area contributed by atoms with Crippen LogP contribution in [0, 0.1) is 13.8 Å². The Morgan fingerprint density at radius 2 is 1.88 bits per heavy atom. The van der Waals surface area contributed by atoms with Gasteiger partial charge < -0.3 is 5.32 Å². The molecule has 0 aliphatic carbocycles. The summed E-state index contributed by atoms with van der Waals surface area (Å²) in [6.45, 7) is 6.30. The monoisotopic (exact) mass is 361 g/mol. The number of nitrogens with one attached hydrogen (secondary N) is 1. The molecule has 4 heteroatoms. The van der Waals surface area contributed by atoms with Crippen molar-refractivity contribution in [1.29, 1.82) is 0 Å². The lowest BCUT2D eigenvalue weighted by atomic mass is 9.97. The molecular formula is C20H24ClNOS. The summed E-state index contributed by atoms with van der Waals surface area (Å²) < 4.78 is 0. The van der Waals surface area contributed by atoms with Gasteiger partial charge in [-0.1, -0.05) is 42.3 Å². The van der Waals surface area contributed by atoms with Gasteiger partial charge >= 0.3 is 0 Å². The zero-order chi connectivity index (χ0) is 17.5. The second-order valence-electron chi connectivity index (χ2n) is 5.94. The quantitative estimate of drug-likeness (QED) is 0.640. The van der Waals surface area contributed by atoms with Crippen LogP contribution in [0.2, 0.25) is 5.02 Å². The molecule has 0 heterocycles. The molecule has 2 aromatic carbocycles. The predicted molar refractivity (Wildman–Crippen MR) is 104 cm³/mol. The molecule has 0 radical (unpaired) electrons. The van der Waals surface area contributed by atoms with Crippen molar-refractivity contribution in [3.63, 3.8) is 0 Å². The molecule has 0 aliphatic heterocycles. The summed E-state index contributed by atoms with van der Waals surface area (Å²) in [4.78, 5) is 13.4. The molecule has 0 fully saturated rings. The van der Waals surface area contributed by atoms with Crippen LogP contribution >= 0.6 is 23.4 Å². The van der Waals surface area contributed by atoms with Crippen LogP contribution in [-0.2, 0) is 4.79 Å². The van der Waals surface area contributed by atoms with E-state index in [-0.39, 0.29) is 11.9 Å². The minimum Gasteiger partial charge on any atom is -0.349 e.